The molecule has 0 fully saturated rings. The van der Waals surface area contributed by atoms with Gasteiger partial charge < -0.3 is 19.9 Å². The first-order valence-electron chi connectivity index (χ1n) is 9.50. The molecular weight excluding hydrogens is 372 g/mol. The van der Waals surface area contributed by atoms with Crippen molar-refractivity contribution in [2.75, 3.05) is 38.7 Å². The van der Waals surface area contributed by atoms with Crippen molar-refractivity contribution in [2.24, 2.45) is 0 Å². The number of likely N-dealkylation sites (N-methyl/N-ethyl adjacent to an activating group) is 1. The van der Waals surface area contributed by atoms with Gasteiger partial charge in [0.25, 0.3) is 0 Å². The topological polar surface area (TPSA) is 88.1 Å². The fraction of sp³-hybridized carbons (Fsp3) is 0.364. The van der Waals surface area contributed by atoms with Gasteiger partial charge in [0.05, 0.1) is 18.7 Å². The van der Waals surface area contributed by atoms with Gasteiger partial charge in [0.2, 0.25) is 5.91 Å². The van der Waals surface area contributed by atoms with Crippen molar-refractivity contribution in [3.8, 4) is 5.75 Å². The maximum Gasteiger partial charge on any atom is 0.338 e. The first-order valence-corrected chi connectivity index (χ1v) is 9.50. The van der Waals surface area contributed by atoms with Gasteiger partial charge in [0.15, 0.2) is 0 Å². The Morgan fingerprint density at radius 3 is 2.38 bits per heavy atom. The quantitative estimate of drug-likeness (QED) is 0.596. The third-order valence-corrected chi connectivity index (χ3v) is 4.08. The van der Waals surface area contributed by atoms with Crippen molar-refractivity contribution in [2.45, 2.75) is 20.0 Å². The van der Waals surface area contributed by atoms with Gasteiger partial charge in [-0.3, -0.25) is 9.69 Å². The van der Waals surface area contributed by atoms with Gasteiger partial charge in [-0.2, -0.15) is 0 Å². The summed E-state index contributed by atoms with van der Waals surface area (Å²) in [6, 6.07) is 14.1. The minimum absolute atomic E-state index is 0.0721. The fourth-order valence-corrected chi connectivity index (χ4v) is 2.65. The molecule has 156 valence electrons. The van der Waals surface area contributed by atoms with Gasteiger partial charge in [-0.05, 0) is 57.3 Å². The van der Waals surface area contributed by atoms with Crippen LogP contribution in [0, 0.1) is 6.92 Å². The molecule has 1 atom stereocenters. The minimum atomic E-state index is -0.767. The van der Waals surface area contributed by atoms with Crippen LogP contribution < -0.4 is 10.1 Å². The van der Waals surface area contributed by atoms with Crippen LogP contribution in [0.3, 0.4) is 0 Å². The fourth-order valence-electron chi connectivity index (χ4n) is 2.65. The van der Waals surface area contributed by atoms with E-state index in [-0.39, 0.29) is 31.6 Å². The standard InChI is InChI=1S/C22H28N2O5/c1-4-28-22(27)17-7-11-20(12-8-17)29-15-19(25)13-24(3)14-21(26)23-18-9-5-16(2)6-10-18/h5-12,19,25H,4,13-15H2,1-3H3,(H,23,26)/t19-/m1/s1. The number of amides is 1. The Morgan fingerprint density at radius 2 is 1.76 bits per heavy atom. The molecule has 0 saturated carbocycles. The second kappa shape index (κ2) is 11.2. The summed E-state index contributed by atoms with van der Waals surface area (Å²) in [5.74, 6) is 0.000476. The van der Waals surface area contributed by atoms with E-state index in [1.807, 2.05) is 31.2 Å². The number of nitrogens with one attached hydrogen (secondary N) is 1. The van der Waals surface area contributed by atoms with Crippen LogP contribution in [0.15, 0.2) is 48.5 Å². The predicted molar refractivity (Wildman–Crippen MR) is 111 cm³/mol. The largest absolute Gasteiger partial charge is 0.491 e. The summed E-state index contributed by atoms with van der Waals surface area (Å²) < 4.78 is 10.5. The van der Waals surface area contributed by atoms with Crippen LogP contribution in [-0.2, 0) is 9.53 Å². The lowest BCUT2D eigenvalue weighted by Gasteiger charge is -2.20. The highest BCUT2D eigenvalue weighted by atomic mass is 16.5. The number of hydrogen-bond donors (Lipinski definition) is 2. The Morgan fingerprint density at radius 1 is 1.10 bits per heavy atom. The van der Waals surface area contributed by atoms with Crippen molar-refractivity contribution in [1.29, 1.82) is 0 Å². The summed E-state index contributed by atoms with van der Waals surface area (Å²) in [6.45, 7) is 4.56. The molecule has 0 saturated heterocycles. The van der Waals surface area contributed by atoms with E-state index in [1.165, 1.54) is 0 Å². The number of hydrogen-bond acceptors (Lipinski definition) is 6. The number of rotatable bonds is 10. The van der Waals surface area contributed by atoms with E-state index in [9.17, 15) is 14.7 Å². The van der Waals surface area contributed by atoms with Gasteiger partial charge in [0.1, 0.15) is 18.5 Å². The smallest absolute Gasteiger partial charge is 0.338 e. The highest BCUT2D eigenvalue weighted by Gasteiger charge is 2.13. The molecule has 0 aliphatic rings. The van der Waals surface area contributed by atoms with E-state index in [1.54, 1.807) is 43.1 Å². The number of nitrogens with zero attached hydrogens (tertiary/aromatic N) is 1. The zero-order chi connectivity index (χ0) is 21.2. The zero-order valence-corrected chi connectivity index (χ0v) is 17.1. The third-order valence-electron chi connectivity index (χ3n) is 4.08. The van der Waals surface area contributed by atoms with E-state index in [4.69, 9.17) is 9.47 Å². The van der Waals surface area contributed by atoms with E-state index < -0.39 is 6.10 Å². The molecule has 0 heterocycles. The lowest BCUT2D eigenvalue weighted by Crippen LogP contribution is -2.37. The molecule has 0 radical (unpaired) electrons. The molecule has 2 N–H and O–H groups in total. The maximum absolute atomic E-state index is 12.1. The van der Waals surface area contributed by atoms with Crippen LogP contribution in [0.1, 0.15) is 22.8 Å². The average molecular weight is 400 g/mol. The van der Waals surface area contributed by atoms with E-state index in [0.717, 1.165) is 11.3 Å². The Kier molecular flexibility index (Phi) is 8.64. The number of esters is 1. The van der Waals surface area contributed by atoms with E-state index in [2.05, 4.69) is 5.32 Å². The number of anilines is 1. The van der Waals surface area contributed by atoms with Crippen LogP contribution in [0.2, 0.25) is 0 Å². The first kappa shape index (κ1) is 22.4. The molecule has 7 heteroatoms. The van der Waals surface area contributed by atoms with Gasteiger partial charge in [0, 0.05) is 12.2 Å². The third kappa shape index (κ3) is 7.93. The van der Waals surface area contributed by atoms with Gasteiger partial charge >= 0.3 is 5.97 Å². The Bertz CT molecular complexity index is 790. The van der Waals surface area contributed by atoms with Crippen molar-refractivity contribution in [1.82, 2.24) is 4.90 Å². The summed E-state index contributed by atoms with van der Waals surface area (Å²) in [5, 5.41) is 13.0. The number of carbonyl (C=O) groups excluding carboxylic acids is 2. The molecule has 1 amide bonds. The second-order valence-corrected chi connectivity index (χ2v) is 6.82. The molecule has 2 aromatic rings. The van der Waals surface area contributed by atoms with Crippen molar-refractivity contribution >= 4 is 17.6 Å². The number of carbonyl (C=O) groups is 2. The van der Waals surface area contributed by atoms with Crippen LogP contribution in [0.25, 0.3) is 0 Å². The normalized spacial score (nSPS) is 11.8. The molecule has 2 rings (SSSR count). The molecule has 0 spiro atoms. The number of ether oxygens (including phenoxy) is 2. The summed E-state index contributed by atoms with van der Waals surface area (Å²) in [5.41, 5.74) is 2.31. The highest BCUT2D eigenvalue weighted by molar-refractivity contribution is 5.92. The van der Waals surface area contributed by atoms with Crippen LogP contribution in [0.5, 0.6) is 5.75 Å². The summed E-state index contributed by atoms with van der Waals surface area (Å²) in [7, 11) is 1.76. The maximum atomic E-state index is 12.1. The lowest BCUT2D eigenvalue weighted by molar-refractivity contribution is -0.117. The lowest BCUT2D eigenvalue weighted by atomic mass is 10.2. The summed E-state index contributed by atoms with van der Waals surface area (Å²) in [4.78, 5) is 25.4. The number of aliphatic hydroxyl groups excluding tert-OH is 1. The summed E-state index contributed by atoms with van der Waals surface area (Å²) >= 11 is 0. The molecular formula is C22H28N2O5. The number of aryl methyl sites for hydroxylation is 1. The Labute approximate surface area is 171 Å². The molecule has 0 aliphatic heterocycles. The second-order valence-electron chi connectivity index (χ2n) is 6.82. The van der Waals surface area contributed by atoms with E-state index in [0.29, 0.717) is 17.9 Å². The van der Waals surface area contributed by atoms with Gasteiger partial charge in [-0.1, -0.05) is 17.7 Å². The Hall–Kier alpha value is -2.90. The van der Waals surface area contributed by atoms with Crippen LogP contribution in [0.4, 0.5) is 5.69 Å². The highest BCUT2D eigenvalue weighted by Crippen LogP contribution is 2.13. The molecule has 0 aromatic heterocycles. The van der Waals surface area contributed by atoms with Gasteiger partial charge in [-0.25, -0.2) is 4.79 Å². The zero-order valence-electron chi connectivity index (χ0n) is 17.1. The molecule has 7 nitrogen and oxygen atoms in total. The average Bonchev–Trinajstić information content (AvgIpc) is 2.68. The summed E-state index contributed by atoms with van der Waals surface area (Å²) in [6.07, 6.45) is -0.767. The minimum Gasteiger partial charge on any atom is -0.491 e. The molecule has 0 aliphatic carbocycles. The SMILES string of the molecule is CCOC(=O)c1ccc(OC[C@H](O)CN(C)CC(=O)Nc2ccc(C)cc2)cc1. The first-order chi connectivity index (χ1) is 13.9. The van der Waals surface area contributed by atoms with Crippen LogP contribution >= 0.6 is 0 Å². The molecule has 0 bridgehead atoms. The number of benzene rings is 2. The number of aliphatic hydroxyl groups is 1. The molecule has 0 unspecified atom stereocenters. The van der Waals surface area contributed by atoms with E-state index >= 15 is 0 Å². The van der Waals surface area contributed by atoms with Gasteiger partial charge in [-0.15, -0.1) is 0 Å². The van der Waals surface area contributed by atoms with Crippen LogP contribution in [-0.4, -0.2) is 61.3 Å². The van der Waals surface area contributed by atoms with Crippen molar-refractivity contribution < 1.29 is 24.2 Å². The predicted octanol–water partition coefficient (Wildman–Crippen LogP) is 2.48. The molecule has 29 heavy (non-hydrogen) atoms. The van der Waals surface area contributed by atoms with Crippen molar-refractivity contribution in [3.63, 3.8) is 0 Å². The van der Waals surface area contributed by atoms with Crippen molar-refractivity contribution in [3.05, 3.63) is 59.7 Å². The Balaban J connectivity index is 1.72. The monoisotopic (exact) mass is 400 g/mol. The molecule has 2 aromatic carbocycles.